The number of nitrogens with two attached hydrogens (primary N) is 1. The SMILES string of the molecule is CCN(CCC[C@@H](C)Nc1ccnc2cc(Cl)ccc12)CCO[P@@](=O)(N[C@@H](C)C(=O)OC(C)C)Oc1ccc(C(N)=O)cc1. The summed E-state index contributed by atoms with van der Waals surface area (Å²) in [5.41, 5.74) is 7.44. The molecular formula is C31H43ClN5O6P. The molecule has 0 fully saturated rings. The maximum atomic E-state index is 13.8. The van der Waals surface area contributed by atoms with E-state index in [1.165, 1.54) is 31.2 Å². The van der Waals surface area contributed by atoms with Crippen molar-refractivity contribution in [2.24, 2.45) is 5.73 Å². The van der Waals surface area contributed by atoms with Gasteiger partial charge in [-0.3, -0.25) is 19.1 Å². The Morgan fingerprint density at radius 1 is 1.07 bits per heavy atom. The lowest BCUT2D eigenvalue weighted by molar-refractivity contribution is -0.149. The molecule has 11 nitrogen and oxygen atoms in total. The van der Waals surface area contributed by atoms with Crippen LogP contribution in [0.1, 0.15) is 57.8 Å². The molecule has 3 atom stereocenters. The van der Waals surface area contributed by atoms with Crippen molar-refractivity contribution < 1.29 is 27.9 Å². The number of nitrogens with zero attached hydrogens (tertiary/aromatic N) is 2. The average Bonchev–Trinajstić information content (AvgIpc) is 2.96. The van der Waals surface area contributed by atoms with E-state index in [0.717, 1.165) is 42.5 Å². The predicted octanol–water partition coefficient (Wildman–Crippen LogP) is 6.02. The molecule has 1 amide bonds. The summed E-state index contributed by atoms with van der Waals surface area (Å²) >= 11 is 6.12. The summed E-state index contributed by atoms with van der Waals surface area (Å²) in [6.07, 6.45) is 3.28. The van der Waals surface area contributed by atoms with Crippen molar-refractivity contribution in [3.63, 3.8) is 0 Å². The highest BCUT2D eigenvalue weighted by Crippen LogP contribution is 2.45. The number of primary amides is 1. The van der Waals surface area contributed by atoms with Gasteiger partial charge in [0.1, 0.15) is 11.8 Å². The van der Waals surface area contributed by atoms with Crippen LogP contribution in [-0.4, -0.2) is 66.2 Å². The molecule has 0 unspecified atom stereocenters. The number of pyridine rings is 1. The lowest BCUT2D eigenvalue weighted by Gasteiger charge is -2.25. The Morgan fingerprint density at radius 3 is 2.45 bits per heavy atom. The molecule has 4 N–H and O–H groups in total. The first-order valence-electron chi connectivity index (χ1n) is 14.7. The number of benzene rings is 2. The average molecular weight is 648 g/mol. The van der Waals surface area contributed by atoms with Gasteiger partial charge in [0.25, 0.3) is 0 Å². The molecule has 0 aliphatic rings. The van der Waals surface area contributed by atoms with Crippen LogP contribution in [0.5, 0.6) is 5.75 Å². The smallest absolute Gasteiger partial charge is 0.459 e. The van der Waals surface area contributed by atoms with E-state index >= 15 is 0 Å². The van der Waals surface area contributed by atoms with E-state index in [-0.39, 0.29) is 30.1 Å². The van der Waals surface area contributed by atoms with E-state index in [0.29, 0.717) is 11.6 Å². The van der Waals surface area contributed by atoms with E-state index < -0.39 is 25.7 Å². The summed E-state index contributed by atoms with van der Waals surface area (Å²) in [6.45, 7) is 11.3. The van der Waals surface area contributed by atoms with Gasteiger partial charge in [0.15, 0.2) is 0 Å². The number of nitrogens with one attached hydrogen (secondary N) is 2. The summed E-state index contributed by atoms with van der Waals surface area (Å²) in [6, 6.07) is 12.8. The zero-order chi connectivity index (χ0) is 32.3. The lowest BCUT2D eigenvalue weighted by Crippen LogP contribution is -2.37. The summed E-state index contributed by atoms with van der Waals surface area (Å²) in [4.78, 5) is 30.4. The minimum absolute atomic E-state index is 0.0861. The normalized spacial score (nSPS) is 14.3. The molecule has 2 aromatic carbocycles. The number of hydrogen-bond donors (Lipinski definition) is 3. The van der Waals surface area contributed by atoms with E-state index in [9.17, 15) is 14.2 Å². The number of carbonyl (C=O) groups is 2. The Labute approximate surface area is 264 Å². The number of amides is 1. The van der Waals surface area contributed by atoms with Crippen LogP contribution < -0.4 is 20.7 Å². The van der Waals surface area contributed by atoms with Crippen LogP contribution in [0.4, 0.5) is 5.69 Å². The minimum Gasteiger partial charge on any atom is -0.462 e. The Kier molecular flexibility index (Phi) is 13.4. The molecule has 0 bridgehead atoms. The molecule has 0 aliphatic carbocycles. The number of likely N-dealkylation sites (N-methyl/N-ethyl adjacent to an activating group) is 1. The predicted molar refractivity (Wildman–Crippen MR) is 174 cm³/mol. The number of anilines is 1. The molecule has 0 spiro atoms. The number of aromatic nitrogens is 1. The first-order chi connectivity index (χ1) is 20.9. The van der Waals surface area contributed by atoms with Crippen LogP contribution in [0.2, 0.25) is 5.02 Å². The fraction of sp³-hybridized carbons (Fsp3) is 0.452. The van der Waals surface area contributed by atoms with Gasteiger partial charge in [0.05, 0.1) is 18.2 Å². The molecule has 3 aromatic rings. The molecule has 1 heterocycles. The summed E-state index contributed by atoms with van der Waals surface area (Å²) in [5.74, 6) is -0.993. The fourth-order valence-electron chi connectivity index (χ4n) is 4.46. The standard InChI is InChI=1S/C31H43ClN5O6P/c1-6-37(17-7-8-22(4)35-28-15-16-34-29-20-25(32)11-14-27(28)29)18-19-41-44(40,36-23(5)31(39)42-21(2)3)43-26-12-9-24(10-13-26)30(33)38/h9-16,20-23H,6-8,17-19H2,1-5H3,(H2,33,38)(H,34,35)(H,36,40)/t22-,23+,44+/m1/s1. The number of rotatable bonds is 18. The number of carbonyl (C=O) groups excluding carboxylic acids is 2. The van der Waals surface area contributed by atoms with Crippen molar-refractivity contribution in [1.29, 1.82) is 0 Å². The van der Waals surface area contributed by atoms with E-state index in [4.69, 9.17) is 31.1 Å². The monoisotopic (exact) mass is 647 g/mol. The van der Waals surface area contributed by atoms with Gasteiger partial charge in [-0.2, -0.15) is 5.09 Å². The zero-order valence-electron chi connectivity index (χ0n) is 25.9. The minimum atomic E-state index is -4.02. The Hall–Kier alpha value is -3.21. The number of fused-ring (bicyclic) bond motifs is 1. The maximum Gasteiger partial charge on any atom is 0.459 e. The van der Waals surface area contributed by atoms with Gasteiger partial charge in [0.2, 0.25) is 5.91 Å². The van der Waals surface area contributed by atoms with E-state index in [2.05, 4.69) is 34.1 Å². The summed E-state index contributed by atoms with van der Waals surface area (Å²) in [5, 5.41) is 7.93. The van der Waals surface area contributed by atoms with Crippen LogP contribution in [0.3, 0.4) is 0 Å². The molecule has 0 saturated carbocycles. The van der Waals surface area contributed by atoms with Gasteiger partial charge >= 0.3 is 13.7 Å². The third kappa shape index (κ3) is 11.1. The molecule has 0 radical (unpaired) electrons. The molecule has 0 saturated heterocycles. The van der Waals surface area contributed by atoms with E-state index in [1.807, 2.05) is 24.3 Å². The van der Waals surface area contributed by atoms with Crippen LogP contribution in [0.15, 0.2) is 54.7 Å². The largest absolute Gasteiger partial charge is 0.462 e. The Balaban J connectivity index is 1.55. The fourth-order valence-corrected chi connectivity index (χ4v) is 6.10. The highest BCUT2D eigenvalue weighted by molar-refractivity contribution is 7.52. The Bertz CT molecular complexity index is 1440. The topological polar surface area (TPSA) is 145 Å². The van der Waals surface area contributed by atoms with Crippen LogP contribution in [-0.2, 0) is 18.6 Å². The lowest BCUT2D eigenvalue weighted by atomic mass is 10.1. The third-order valence-electron chi connectivity index (χ3n) is 6.76. The number of halogens is 1. The second-order valence-corrected chi connectivity index (χ2v) is 12.9. The van der Waals surface area contributed by atoms with Crippen molar-refractivity contribution in [3.8, 4) is 5.75 Å². The van der Waals surface area contributed by atoms with Crippen molar-refractivity contribution >= 4 is 47.8 Å². The molecule has 240 valence electrons. The summed E-state index contributed by atoms with van der Waals surface area (Å²) < 4.78 is 30.5. The molecule has 1 aromatic heterocycles. The number of esters is 1. The van der Waals surface area contributed by atoms with Crippen LogP contribution in [0, 0.1) is 0 Å². The highest BCUT2D eigenvalue weighted by Gasteiger charge is 2.32. The van der Waals surface area contributed by atoms with Gasteiger partial charge in [-0.05, 0) is 102 Å². The van der Waals surface area contributed by atoms with Crippen molar-refractivity contribution in [1.82, 2.24) is 15.0 Å². The van der Waals surface area contributed by atoms with Gasteiger partial charge in [0, 0.05) is 40.4 Å². The molecular weight excluding hydrogens is 605 g/mol. The van der Waals surface area contributed by atoms with Gasteiger partial charge < -0.3 is 25.2 Å². The molecule has 3 rings (SSSR count). The number of hydrogen-bond acceptors (Lipinski definition) is 9. The second-order valence-electron chi connectivity index (χ2n) is 10.8. The van der Waals surface area contributed by atoms with Crippen LogP contribution in [0.25, 0.3) is 10.9 Å². The van der Waals surface area contributed by atoms with Gasteiger partial charge in [-0.15, -0.1) is 0 Å². The van der Waals surface area contributed by atoms with Gasteiger partial charge in [-0.1, -0.05) is 18.5 Å². The summed E-state index contributed by atoms with van der Waals surface area (Å²) in [7, 11) is -4.02. The molecule has 44 heavy (non-hydrogen) atoms. The Morgan fingerprint density at radius 2 is 1.80 bits per heavy atom. The van der Waals surface area contributed by atoms with Crippen molar-refractivity contribution in [3.05, 3.63) is 65.3 Å². The zero-order valence-corrected chi connectivity index (χ0v) is 27.6. The van der Waals surface area contributed by atoms with Crippen molar-refractivity contribution in [2.45, 2.75) is 65.6 Å². The quantitative estimate of drug-likeness (QED) is 0.111. The third-order valence-corrected chi connectivity index (χ3v) is 8.67. The van der Waals surface area contributed by atoms with Crippen LogP contribution >= 0.6 is 19.3 Å². The van der Waals surface area contributed by atoms with E-state index in [1.54, 1.807) is 20.0 Å². The first-order valence-corrected chi connectivity index (χ1v) is 16.7. The second kappa shape index (κ2) is 16.7. The molecule has 13 heteroatoms. The maximum absolute atomic E-state index is 13.8. The molecule has 0 aliphatic heterocycles. The van der Waals surface area contributed by atoms with Gasteiger partial charge in [-0.25, -0.2) is 4.57 Å². The van der Waals surface area contributed by atoms with Crippen molar-refractivity contribution in [2.75, 3.05) is 31.6 Å². The first kappa shape index (κ1) is 35.3. The highest BCUT2D eigenvalue weighted by atomic mass is 35.5. The number of ether oxygens (including phenoxy) is 1.